The van der Waals surface area contributed by atoms with E-state index in [-0.39, 0.29) is 16.1 Å². The van der Waals surface area contributed by atoms with Gasteiger partial charge in [0.25, 0.3) is 0 Å². The van der Waals surface area contributed by atoms with Crippen LogP contribution >= 0.6 is 11.6 Å². The second-order valence-electron chi connectivity index (χ2n) is 4.44. The maximum Gasteiger partial charge on any atom is 0.417 e. The fourth-order valence-corrected chi connectivity index (χ4v) is 2.35. The van der Waals surface area contributed by atoms with Gasteiger partial charge in [0.1, 0.15) is 0 Å². The average Bonchev–Trinajstić information content (AvgIpc) is 2.45. The van der Waals surface area contributed by atoms with E-state index >= 15 is 0 Å². The standard InChI is InChI=1S/C14H8ClF3N4O/c15-8-3-1-2-7(6-8)11-9(13(19)23)4-5-10(21-22-20)12(11)14(16,17)18/h1-6H,(H2,19,23). The summed E-state index contributed by atoms with van der Waals surface area (Å²) in [6, 6.07) is 7.50. The Kier molecular flexibility index (Phi) is 4.49. The molecule has 0 aromatic heterocycles. The maximum atomic E-state index is 13.5. The van der Waals surface area contributed by atoms with Crippen LogP contribution in [0.15, 0.2) is 41.5 Å². The Hall–Kier alpha value is -2.70. The number of rotatable bonds is 3. The quantitative estimate of drug-likeness (QED) is 0.471. The lowest BCUT2D eigenvalue weighted by molar-refractivity contribution is -0.136. The molecule has 0 fully saturated rings. The zero-order valence-corrected chi connectivity index (χ0v) is 12.1. The van der Waals surface area contributed by atoms with Crippen LogP contribution in [0.1, 0.15) is 15.9 Å². The van der Waals surface area contributed by atoms with E-state index < -0.39 is 28.9 Å². The number of halogens is 4. The lowest BCUT2D eigenvalue weighted by atomic mass is 9.92. The molecule has 2 N–H and O–H groups in total. The zero-order valence-electron chi connectivity index (χ0n) is 11.3. The van der Waals surface area contributed by atoms with Gasteiger partial charge in [-0.25, -0.2) is 0 Å². The lowest BCUT2D eigenvalue weighted by Crippen LogP contribution is -2.16. The minimum atomic E-state index is -4.87. The third kappa shape index (κ3) is 3.39. The Bertz CT molecular complexity index is 829. The van der Waals surface area contributed by atoms with Crippen molar-refractivity contribution in [3.05, 3.63) is 63.0 Å². The van der Waals surface area contributed by atoms with Gasteiger partial charge >= 0.3 is 6.18 Å². The fraction of sp³-hybridized carbons (Fsp3) is 0.0714. The highest BCUT2D eigenvalue weighted by Gasteiger charge is 2.38. The van der Waals surface area contributed by atoms with Crippen molar-refractivity contribution in [2.75, 3.05) is 0 Å². The third-order valence-electron chi connectivity index (χ3n) is 3.00. The van der Waals surface area contributed by atoms with Gasteiger partial charge in [-0.15, -0.1) is 0 Å². The van der Waals surface area contributed by atoms with Crippen molar-refractivity contribution in [1.29, 1.82) is 0 Å². The van der Waals surface area contributed by atoms with Crippen molar-refractivity contribution in [3.8, 4) is 11.1 Å². The Morgan fingerprint density at radius 1 is 1.26 bits per heavy atom. The molecule has 0 aliphatic rings. The van der Waals surface area contributed by atoms with E-state index in [1.54, 1.807) is 0 Å². The molecule has 0 heterocycles. The number of nitrogens with two attached hydrogens (primary N) is 1. The van der Waals surface area contributed by atoms with Gasteiger partial charge in [0.15, 0.2) is 0 Å². The Morgan fingerprint density at radius 3 is 2.48 bits per heavy atom. The summed E-state index contributed by atoms with van der Waals surface area (Å²) in [5.41, 5.74) is 11.0. The van der Waals surface area contributed by atoms with Gasteiger partial charge in [0.05, 0.1) is 11.3 Å². The first-order chi connectivity index (χ1) is 10.8. The molecule has 9 heteroatoms. The normalized spacial score (nSPS) is 11.0. The first-order valence-electron chi connectivity index (χ1n) is 6.10. The van der Waals surface area contributed by atoms with E-state index in [9.17, 15) is 18.0 Å². The molecule has 2 rings (SSSR count). The van der Waals surface area contributed by atoms with Crippen molar-refractivity contribution in [1.82, 2.24) is 0 Å². The molecule has 0 atom stereocenters. The van der Waals surface area contributed by atoms with Crippen LogP contribution in [0.5, 0.6) is 0 Å². The molecule has 0 bridgehead atoms. The van der Waals surface area contributed by atoms with Gasteiger partial charge in [-0.05, 0) is 29.3 Å². The van der Waals surface area contributed by atoms with E-state index in [1.165, 1.54) is 24.3 Å². The predicted octanol–water partition coefficient (Wildman–Crippen LogP) is 5.07. The molecule has 2 aromatic rings. The van der Waals surface area contributed by atoms with Crippen LogP contribution in [0.4, 0.5) is 18.9 Å². The molecule has 118 valence electrons. The number of alkyl halides is 3. The molecule has 23 heavy (non-hydrogen) atoms. The highest BCUT2D eigenvalue weighted by Crippen LogP contribution is 2.45. The summed E-state index contributed by atoms with van der Waals surface area (Å²) in [5.74, 6) is -1.04. The summed E-state index contributed by atoms with van der Waals surface area (Å²) in [6.45, 7) is 0. The summed E-state index contributed by atoms with van der Waals surface area (Å²) in [7, 11) is 0. The third-order valence-corrected chi connectivity index (χ3v) is 3.23. The van der Waals surface area contributed by atoms with Crippen LogP contribution in [0.3, 0.4) is 0 Å². The molecule has 0 aliphatic heterocycles. The Labute approximate surface area is 133 Å². The van der Waals surface area contributed by atoms with Gasteiger partial charge in [0.2, 0.25) is 5.91 Å². The highest BCUT2D eigenvalue weighted by molar-refractivity contribution is 6.30. The summed E-state index contributed by atoms with van der Waals surface area (Å²) in [6.07, 6.45) is -4.87. The van der Waals surface area contributed by atoms with E-state index in [2.05, 4.69) is 10.0 Å². The molecular weight excluding hydrogens is 333 g/mol. The lowest BCUT2D eigenvalue weighted by Gasteiger charge is -2.18. The van der Waals surface area contributed by atoms with Gasteiger partial charge in [-0.3, -0.25) is 4.79 Å². The smallest absolute Gasteiger partial charge is 0.366 e. The summed E-state index contributed by atoms with van der Waals surface area (Å²) >= 11 is 5.81. The van der Waals surface area contributed by atoms with Crippen LogP contribution in [0, 0.1) is 0 Å². The number of carbonyl (C=O) groups is 1. The van der Waals surface area contributed by atoms with Crippen LogP contribution in [-0.4, -0.2) is 5.91 Å². The van der Waals surface area contributed by atoms with E-state index in [0.29, 0.717) is 0 Å². The summed E-state index contributed by atoms with van der Waals surface area (Å²) in [5, 5.41) is 3.24. The highest BCUT2D eigenvalue weighted by atomic mass is 35.5. The van der Waals surface area contributed by atoms with Crippen molar-refractivity contribution in [2.24, 2.45) is 10.8 Å². The number of hydrogen-bond acceptors (Lipinski definition) is 2. The molecule has 0 spiro atoms. The fourth-order valence-electron chi connectivity index (χ4n) is 2.16. The first-order valence-corrected chi connectivity index (χ1v) is 6.48. The van der Waals surface area contributed by atoms with Crippen molar-refractivity contribution < 1.29 is 18.0 Å². The van der Waals surface area contributed by atoms with Gasteiger partial charge < -0.3 is 5.73 Å². The minimum absolute atomic E-state index is 0.0358. The number of nitrogens with zero attached hydrogens (tertiary/aromatic N) is 3. The molecule has 0 radical (unpaired) electrons. The van der Waals surface area contributed by atoms with Crippen LogP contribution < -0.4 is 5.73 Å². The maximum absolute atomic E-state index is 13.5. The van der Waals surface area contributed by atoms with E-state index in [0.717, 1.165) is 12.1 Å². The van der Waals surface area contributed by atoms with Gasteiger partial charge in [-0.2, -0.15) is 13.2 Å². The number of amides is 1. The monoisotopic (exact) mass is 340 g/mol. The summed E-state index contributed by atoms with van der Waals surface area (Å²) < 4.78 is 40.5. The molecular formula is C14H8ClF3N4O. The molecule has 0 unspecified atom stereocenters. The average molecular weight is 341 g/mol. The topological polar surface area (TPSA) is 91.8 Å². The van der Waals surface area contributed by atoms with Crippen LogP contribution in [-0.2, 0) is 6.18 Å². The van der Waals surface area contributed by atoms with Crippen LogP contribution in [0.2, 0.25) is 5.02 Å². The molecule has 1 amide bonds. The zero-order chi connectivity index (χ0) is 17.2. The van der Waals surface area contributed by atoms with Crippen molar-refractivity contribution >= 4 is 23.2 Å². The second kappa shape index (κ2) is 6.20. The number of primary amides is 1. The largest absolute Gasteiger partial charge is 0.417 e. The SMILES string of the molecule is [N-]=[N+]=Nc1ccc(C(N)=O)c(-c2cccc(Cl)c2)c1C(F)(F)F. The van der Waals surface area contributed by atoms with E-state index in [4.69, 9.17) is 22.9 Å². The summed E-state index contributed by atoms with van der Waals surface area (Å²) in [4.78, 5) is 13.9. The Balaban J connectivity index is 2.97. The van der Waals surface area contributed by atoms with Crippen molar-refractivity contribution in [2.45, 2.75) is 6.18 Å². The molecule has 0 saturated heterocycles. The Morgan fingerprint density at radius 2 is 1.96 bits per heavy atom. The van der Waals surface area contributed by atoms with Gasteiger partial charge in [-0.1, -0.05) is 34.9 Å². The molecule has 2 aromatic carbocycles. The predicted molar refractivity (Wildman–Crippen MR) is 79.2 cm³/mol. The van der Waals surface area contributed by atoms with E-state index in [1.807, 2.05) is 0 Å². The number of azide groups is 1. The first kappa shape index (κ1) is 16.7. The van der Waals surface area contributed by atoms with Crippen LogP contribution in [0.25, 0.3) is 21.6 Å². The second-order valence-corrected chi connectivity index (χ2v) is 4.88. The number of benzene rings is 2. The number of carbonyl (C=O) groups excluding carboxylic acids is 1. The molecule has 5 nitrogen and oxygen atoms in total. The van der Waals surface area contributed by atoms with Crippen molar-refractivity contribution in [3.63, 3.8) is 0 Å². The number of hydrogen-bond donors (Lipinski definition) is 1. The molecule has 0 aliphatic carbocycles. The minimum Gasteiger partial charge on any atom is -0.366 e. The van der Waals surface area contributed by atoms with Gasteiger partial charge in [0, 0.05) is 21.1 Å². The molecule has 0 saturated carbocycles.